The fourth-order valence-corrected chi connectivity index (χ4v) is 6.60. The zero-order chi connectivity index (χ0) is 31.0. The number of halogens is 1. The number of imide groups is 1. The average Bonchev–Trinajstić information content (AvgIpc) is 3.28. The van der Waals surface area contributed by atoms with E-state index in [9.17, 15) is 19.2 Å². The maximum Gasteiger partial charge on any atom is 0.339 e. The van der Waals surface area contributed by atoms with Crippen LogP contribution in [0.3, 0.4) is 0 Å². The molecule has 2 heterocycles. The van der Waals surface area contributed by atoms with E-state index in [-0.39, 0.29) is 35.0 Å². The van der Waals surface area contributed by atoms with Gasteiger partial charge in [0, 0.05) is 21.5 Å². The monoisotopic (exact) mass is 608 g/mol. The highest BCUT2D eigenvalue weighted by atomic mass is 35.5. The molecule has 1 aliphatic carbocycles. The first-order valence-corrected chi connectivity index (χ1v) is 15.5. The van der Waals surface area contributed by atoms with Crippen LogP contribution >= 0.6 is 11.6 Å². The third-order valence-electron chi connectivity index (χ3n) is 8.75. The predicted octanol–water partition coefficient (Wildman–Crippen LogP) is 7.69. The number of hydrogen-bond donors (Lipinski definition) is 0. The maximum atomic E-state index is 13.7. The van der Waals surface area contributed by atoms with Crippen LogP contribution < -0.4 is 4.90 Å². The molecule has 44 heavy (non-hydrogen) atoms. The minimum Gasteiger partial charge on any atom is -0.450 e. The Bertz CT molecular complexity index is 1750. The number of hydrogen-bond acceptors (Lipinski definition) is 6. The number of anilines is 1. The number of fused-ring (bicyclic) bond motifs is 2. The summed E-state index contributed by atoms with van der Waals surface area (Å²) >= 11 is 6.30. The lowest BCUT2D eigenvalue weighted by atomic mass is 9.76. The molecule has 0 radical (unpaired) electrons. The van der Waals surface area contributed by atoms with Crippen LogP contribution in [0.4, 0.5) is 5.69 Å². The molecule has 1 aromatic heterocycles. The van der Waals surface area contributed by atoms with Crippen molar-refractivity contribution in [3.8, 4) is 11.3 Å². The van der Waals surface area contributed by atoms with Gasteiger partial charge in [0.1, 0.15) is 0 Å². The molecule has 0 N–H and O–H groups in total. The van der Waals surface area contributed by atoms with Crippen LogP contribution in [0.5, 0.6) is 0 Å². The van der Waals surface area contributed by atoms with Crippen molar-refractivity contribution < 1.29 is 23.9 Å². The zero-order valence-electron chi connectivity index (χ0n) is 24.7. The molecule has 0 spiro atoms. The number of aromatic nitrogens is 1. The van der Waals surface area contributed by atoms with Gasteiger partial charge in [0.2, 0.25) is 17.6 Å². The van der Waals surface area contributed by atoms with Crippen LogP contribution in [-0.2, 0) is 14.3 Å². The third kappa shape index (κ3) is 5.64. The first kappa shape index (κ1) is 29.7. The van der Waals surface area contributed by atoms with E-state index >= 15 is 0 Å². The molecule has 2 amide bonds. The van der Waals surface area contributed by atoms with Gasteiger partial charge in [-0.1, -0.05) is 74.3 Å². The summed E-state index contributed by atoms with van der Waals surface area (Å²) in [5.41, 5.74) is 2.97. The van der Waals surface area contributed by atoms with Gasteiger partial charge in [0.15, 0.2) is 6.10 Å². The number of ether oxygens (including phenoxy) is 1. The second kappa shape index (κ2) is 12.3. The summed E-state index contributed by atoms with van der Waals surface area (Å²) in [5.74, 6) is -1.23. The van der Waals surface area contributed by atoms with Crippen LogP contribution in [0.2, 0.25) is 5.02 Å². The molecular formula is C36H33ClN2O5. The van der Waals surface area contributed by atoms with Gasteiger partial charge in [0.05, 0.1) is 34.3 Å². The zero-order valence-corrected chi connectivity index (χ0v) is 25.4. The van der Waals surface area contributed by atoms with Crippen molar-refractivity contribution in [2.75, 3.05) is 4.90 Å². The lowest BCUT2D eigenvalue weighted by molar-refractivity contribution is -0.122. The van der Waals surface area contributed by atoms with Crippen molar-refractivity contribution in [2.45, 2.75) is 52.1 Å². The van der Waals surface area contributed by atoms with Crippen molar-refractivity contribution in [2.24, 2.45) is 17.8 Å². The second-order valence-corrected chi connectivity index (χ2v) is 12.3. The molecule has 2 aliphatic rings. The van der Waals surface area contributed by atoms with E-state index in [1.807, 2.05) is 13.0 Å². The summed E-state index contributed by atoms with van der Waals surface area (Å²) in [5, 5.41) is 0.946. The highest BCUT2D eigenvalue weighted by Crippen LogP contribution is 2.42. The summed E-state index contributed by atoms with van der Waals surface area (Å²) in [6, 6.07) is 22.6. The quantitative estimate of drug-likeness (QED) is 0.116. The number of benzene rings is 3. The number of carbonyl (C=O) groups excluding carboxylic acids is 4. The topological polar surface area (TPSA) is 93.6 Å². The minimum atomic E-state index is -0.942. The van der Waals surface area contributed by atoms with Crippen LogP contribution in [0.25, 0.3) is 22.2 Å². The van der Waals surface area contributed by atoms with Gasteiger partial charge >= 0.3 is 5.97 Å². The van der Waals surface area contributed by atoms with E-state index < -0.39 is 12.1 Å². The lowest BCUT2D eigenvalue weighted by Crippen LogP contribution is -2.30. The summed E-state index contributed by atoms with van der Waals surface area (Å²) in [7, 11) is 0. The molecule has 1 saturated carbocycles. The van der Waals surface area contributed by atoms with Gasteiger partial charge in [-0.2, -0.15) is 0 Å². The minimum absolute atomic E-state index is 0.128. The summed E-state index contributed by atoms with van der Waals surface area (Å²) < 4.78 is 5.86. The van der Waals surface area contributed by atoms with E-state index in [2.05, 4.69) is 6.92 Å². The molecule has 0 bridgehead atoms. The second-order valence-electron chi connectivity index (χ2n) is 11.8. The fourth-order valence-electron chi connectivity index (χ4n) is 6.43. The molecule has 7 nitrogen and oxygen atoms in total. The molecule has 2 fully saturated rings. The maximum absolute atomic E-state index is 13.7. The average molecular weight is 609 g/mol. The summed E-state index contributed by atoms with van der Waals surface area (Å²) in [6.07, 6.45) is 2.53. The van der Waals surface area contributed by atoms with E-state index in [0.717, 1.165) is 19.3 Å². The Hall–Kier alpha value is -4.36. The molecule has 8 heteroatoms. The van der Waals surface area contributed by atoms with Gasteiger partial charge in [0.25, 0.3) is 0 Å². The van der Waals surface area contributed by atoms with E-state index in [1.165, 1.54) is 4.90 Å². The number of rotatable bonds is 8. The Balaban J connectivity index is 1.31. The first-order chi connectivity index (χ1) is 21.2. The molecular weight excluding hydrogens is 576 g/mol. The van der Waals surface area contributed by atoms with Crippen molar-refractivity contribution >= 4 is 51.8 Å². The number of amides is 2. The molecule has 4 atom stereocenters. The molecule has 3 aromatic carbocycles. The van der Waals surface area contributed by atoms with Crippen LogP contribution in [0, 0.1) is 17.8 Å². The molecule has 6 rings (SSSR count). The van der Waals surface area contributed by atoms with Crippen molar-refractivity contribution in [1.29, 1.82) is 0 Å². The van der Waals surface area contributed by atoms with Crippen molar-refractivity contribution in [3.63, 3.8) is 0 Å². The number of esters is 1. The van der Waals surface area contributed by atoms with E-state index in [0.29, 0.717) is 57.2 Å². The number of nitrogens with zero attached hydrogens (tertiary/aromatic N) is 2. The number of pyridine rings is 1. The SMILES string of the molecule is CCCC(OC(=O)c1cc(-c2ccc(N3C(=O)C4CCC(C)CC4C3=O)cc2)nc2ccc(Cl)cc12)C(=O)c1ccccc1. The highest BCUT2D eigenvalue weighted by molar-refractivity contribution is 6.31. The van der Waals surface area contributed by atoms with Gasteiger partial charge in [-0.15, -0.1) is 0 Å². The Morgan fingerprint density at radius 1 is 0.955 bits per heavy atom. The number of ketones is 1. The van der Waals surface area contributed by atoms with Crippen molar-refractivity contribution in [1.82, 2.24) is 4.98 Å². The Morgan fingerprint density at radius 2 is 1.68 bits per heavy atom. The molecule has 224 valence electrons. The van der Waals surface area contributed by atoms with Crippen LogP contribution in [0.1, 0.15) is 66.7 Å². The van der Waals surface area contributed by atoms with Gasteiger partial charge in [-0.05, 0) is 68.0 Å². The van der Waals surface area contributed by atoms with E-state index in [4.69, 9.17) is 21.3 Å². The number of Topliss-reactive ketones (excluding diaryl/α,β-unsaturated/α-hetero) is 1. The molecule has 4 unspecified atom stereocenters. The molecule has 1 saturated heterocycles. The van der Waals surface area contributed by atoms with Crippen LogP contribution in [0.15, 0.2) is 78.9 Å². The third-order valence-corrected chi connectivity index (χ3v) is 8.99. The smallest absolute Gasteiger partial charge is 0.339 e. The largest absolute Gasteiger partial charge is 0.450 e. The summed E-state index contributed by atoms with van der Waals surface area (Å²) in [6.45, 7) is 4.06. The van der Waals surface area contributed by atoms with Gasteiger partial charge in [-0.3, -0.25) is 19.3 Å². The molecule has 1 aliphatic heterocycles. The molecule has 4 aromatic rings. The Kier molecular flexibility index (Phi) is 8.32. The standard InChI is InChI=1S/C36H33ClN2O5/c1-3-7-32(33(40)23-8-5-4-6-9-23)44-36(43)29-20-31(38-30-17-13-24(37)19-27(29)30)22-11-14-25(15-12-22)39-34(41)26-16-10-21(2)18-28(26)35(39)42/h4-6,8-9,11-15,17,19-21,26,28,32H,3,7,10,16,18H2,1-2H3. The van der Waals surface area contributed by atoms with E-state index in [1.54, 1.807) is 72.8 Å². The normalized spacial score (nSPS) is 20.4. The van der Waals surface area contributed by atoms with Gasteiger partial charge < -0.3 is 4.74 Å². The van der Waals surface area contributed by atoms with Gasteiger partial charge in [-0.25, -0.2) is 9.78 Å². The predicted molar refractivity (Wildman–Crippen MR) is 170 cm³/mol. The number of carbonyl (C=O) groups is 4. The highest BCUT2D eigenvalue weighted by Gasteiger charge is 2.49. The fraction of sp³-hybridized carbons (Fsp3) is 0.306. The first-order valence-electron chi connectivity index (χ1n) is 15.1. The lowest BCUT2D eigenvalue weighted by Gasteiger charge is -2.25. The summed E-state index contributed by atoms with van der Waals surface area (Å²) in [4.78, 5) is 59.4. The Labute approximate surface area is 261 Å². The van der Waals surface area contributed by atoms with Crippen molar-refractivity contribution in [3.05, 3.63) is 95.0 Å². The Morgan fingerprint density at radius 3 is 2.41 bits per heavy atom. The van der Waals surface area contributed by atoms with Crippen LogP contribution in [-0.4, -0.2) is 34.7 Å².